The molecule has 0 saturated carbocycles. The molecule has 0 aliphatic carbocycles. The number of fused-ring (bicyclic) bond motifs is 1. The molecular weight excluding hydrogens is 340 g/mol. The lowest BCUT2D eigenvalue weighted by Crippen LogP contribution is -2.11. The van der Waals surface area contributed by atoms with E-state index in [1.54, 1.807) is 36.4 Å². The third kappa shape index (κ3) is 3.67. The van der Waals surface area contributed by atoms with Gasteiger partial charge in [0, 0.05) is 16.8 Å². The molecule has 1 aromatic heterocycles. The minimum Gasteiger partial charge on any atom is -0.494 e. The second-order valence-corrected chi connectivity index (χ2v) is 5.98. The lowest BCUT2D eigenvalue weighted by Gasteiger charge is -2.07. The van der Waals surface area contributed by atoms with Gasteiger partial charge in [-0.25, -0.2) is 4.98 Å². The van der Waals surface area contributed by atoms with Gasteiger partial charge in [0.25, 0.3) is 5.91 Å². The number of carbonyl (C=O) groups excluding carboxylic acids is 1. The van der Waals surface area contributed by atoms with Crippen LogP contribution >= 0.6 is 0 Å². The normalized spacial score (nSPS) is 10.7. The lowest BCUT2D eigenvalue weighted by atomic mass is 10.2. The summed E-state index contributed by atoms with van der Waals surface area (Å²) in [5.41, 5.74) is 3.46. The van der Waals surface area contributed by atoms with Crippen molar-refractivity contribution in [3.8, 4) is 17.2 Å². The number of ether oxygens (including phenoxy) is 1. The summed E-state index contributed by atoms with van der Waals surface area (Å²) in [6.07, 6.45) is 0. The highest BCUT2D eigenvalue weighted by Gasteiger charge is 2.11. The minimum atomic E-state index is -0.206. The molecule has 3 aromatic carbocycles. The molecule has 5 nitrogen and oxygen atoms in total. The third-order valence-electron chi connectivity index (χ3n) is 4.07. The van der Waals surface area contributed by atoms with Gasteiger partial charge in [0.2, 0.25) is 5.89 Å². The number of oxazole rings is 1. The summed E-state index contributed by atoms with van der Waals surface area (Å²) >= 11 is 0. The molecule has 0 spiro atoms. The maximum Gasteiger partial charge on any atom is 0.255 e. The minimum absolute atomic E-state index is 0.206. The van der Waals surface area contributed by atoms with E-state index in [0.29, 0.717) is 40.6 Å². The first kappa shape index (κ1) is 16.8. The van der Waals surface area contributed by atoms with E-state index in [0.717, 1.165) is 5.56 Å². The Morgan fingerprint density at radius 2 is 1.89 bits per heavy atom. The molecule has 0 fully saturated rings. The molecule has 0 unspecified atom stereocenters. The summed E-state index contributed by atoms with van der Waals surface area (Å²) in [4.78, 5) is 17.0. The number of rotatable bonds is 5. The van der Waals surface area contributed by atoms with Crippen LogP contribution in [0.2, 0.25) is 0 Å². The van der Waals surface area contributed by atoms with E-state index in [4.69, 9.17) is 9.15 Å². The maximum atomic E-state index is 12.5. The zero-order valence-electron chi connectivity index (χ0n) is 14.8. The van der Waals surface area contributed by atoms with Crippen molar-refractivity contribution >= 4 is 22.7 Å². The van der Waals surface area contributed by atoms with Gasteiger partial charge in [-0.3, -0.25) is 4.79 Å². The van der Waals surface area contributed by atoms with Crippen LogP contribution in [-0.4, -0.2) is 17.5 Å². The molecule has 4 aromatic rings. The Kier molecular flexibility index (Phi) is 4.58. The van der Waals surface area contributed by atoms with Gasteiger partial charge in [-0.2, -0.15) is 0 Å². The van der Waals surface area contributed by atoms with Crippen LogP contribution in [0.5, 0.6) is 5.75 Å². The Morgan fingerprint density at radius 3 is 2.70 bits per heavy atom. The van der Waals surface area contributed by atoms with Crippen molar-refractivity contribution in [2.24, 2.45) is 0 Å². The number of anilines is 1. The quantitative estimate of drug-likeness (QED) is 0.536. The zero-order valence-corrected chi connectivity index (χ0v) is 14.8. The zero-order chi connectivity index (χ0) is 18.6. The molecule has 4 rings (SSSR count). The molecule has 0 aliphatic rings. The van der Waals surface area contributed by atoms with Crippen LogP contribution in [0.4, 0.5) is 5.69 Å². The first-order valence-electron chi connectivity index (χ1n) is 8.73. The SMILES string of the molecule is CCOc1cccc(C(=O)Nc2ccc3oc(-c4ccccc4)nc3c2)c1. The van der Waals surface area contributed by atoms with E-state index in [-0.39, 0.29) is 5.91 Å². The fourth-order valence-corrected chi connectivity index (χ4v) is 2.81. The van der Waals surface area contributed by atoms with Gasteiger partial charge in [-0.05, 0) is 55.5 Å². The lowest BCUT2D eigenvalue weighted by molar-refractivity contribution is 0.102. The second-order valence-electron chi connectivity index (χ2n) is 5.98. The molecule has 0 radical (unpaired) electrons. The monoisotopic (exact) mass is 358 g/mol. The molecule has 1 amide bonds. The molecular formula is C22H18N2O3. The van der Waals surface area contributed by atoms with Crippen LogP contribution in [-0.2, 0) is 0 Å². The Bertz CT molecular complexity index is 1090. The van der Waals surface area contributed by atoms with Gasteiger partial charge in [0.1, 0.15) is 11.3 Å². The molecule has 134 valence electrons. The average Bonchev–Trinajstić information content (AvgIpc) is 3.12. The van der Waals surface area contributed by atoms with Crippen molar-refractivity contribution in [1.82, 2.24) is 4.98 Å². The summed E-state index contributed by atoms with van der Waals surface area (Å²) in [6.45, 7) is 2.46. The topological polar surface area (TPSA) is 64.4 Å². The van der Waals surface area contributed by atoms with Gasteiger partial charge < -0.3 is 14.5 Å². The van der Waals surface area contributed by atoms with Gasteiger partial charge in [-0.15, -0.1) is 0 Å². The smallest absolute Gasteiger partial charge is 0.255 e. The van der Waals surface area contributed by atoms with E-state index < -0.39 is 0 Å². The highest BCUT2D eigenvalue weighted by atomic mass is 16.5. The maximum absolute atomic E-state index is 12.5. The van der Waals surface area contributed by atoms with E-state index >= 15 is 0 Å². The van der Waals surface area contributed by atoms with Gasteiger partial charge in [0.15, 0.2) is 5.58 Å². The number of carbonyl (C=O) groups is 1. The van der Waals surface area contributed by atoms with Crippen LogP contribution in [0.1, 0.15) is 17.3 Å². The number of nitrogens with zero attached hydrogens (tertiary/aromatic N) is 1. The Labute approximate surface area is 156 Å². The Hall–Kier alpha value is -3.60. The van der Waals surface area contributed by atoms with Crippen LogP contribution in [0, 0.1) is 0 Å². The van der Waals surface area contributed by atoms with Crippen LogP contribution in [0.25, 0.3) is 22.6 Å². The van der Waals surface area contributed by atoms with Crippen LogP contribution in [0.15, 0.2) is 77.2 Å². The summed E-state index contributed by atoms with van der Waals surface area (Å²) < 4.78 is 11.2. The molecule has 0 saturated heterocycles. The van der Waals surface area contributed by atoms with Crippen LogP contribution < -0.4 is 10.1 Å². The number of hydrogen-bond donors (Lipinski definition) is 1. The van der Waals surface area contributed by atoms with E-state index in [2.05, 4.69) is 10.3 Å². The largest absolute Gasteiger partial charge is 0.494 e. The summed E-state index contributed by atoms with van der Waals surface area (Å²) in [5.74, 6) is 1.02. The van der Waals surface area contributed by atoms with Crippen molar-refractivity contribution in [3.63, 3.8) is 0 Å². The van der Waals surface area contributed by atoms with Crippen LogP contribution in [0.3, 0.4) is 0 Å². The highest BCUT2D eigenvalue weighted by Crippen LogP contribution is 2.26. The molecule has 27 heavy (non-hydrogen) atoms. The molecule has 0 atom stereocenters. The van der Waals surface area contributed by atoms with E-state index in [1.165, 1.54) is 0 Å². The average molecular weight is 358 g/mol. The Balaban J connectivity index is 1.57. The number of nitrogens with one attached hydrogen (secondary N) is 1. The highest BCUT2D eigenvalue weighted by molar-refractivity contribution is 6.05. The summed E-state index contributed by atoms with van der Waals surface area (Å²) in [7, 11) is 0. The molecule has 1 heterocycles. The predicted molar refractivity (Wildman–Crippen MR) is 105 cm³/mol. The van der Waals surface area contributed by atoms with E-state index in [9.17, 15) is 4.79 Å². The molecule has 0 bridgehead atoms. The fourth-order valence-electron chi connectivity index (χ4n) is 2.81. The first-order valence-corrected chi connectivity index (χ1v) is 8.73. The number of hydrogen-bond acceptors (Lipinski definition) is 4. The number of amides is 1. The standard InChI is InChI=1S/C22H18N2O3/c1-2-26-18-10-6-9-16(13-18)21(25)23-17-11-12-20-19(14-17)24-22(27-20)15-7-4-3-5-8-15/h3-14H,2H2,1H3,(H,23,25). The van der Waals surface area contributed by atoms with Crippen molar-refractivity contribution in [1.29, 1.82) is 0 Å². The second kappa shape index (κ2) is 7.33. The molecule has 1 N–H and O–H groups in total. The number of benzene rings is 3. The van der Waals surface area contributed by atoms with Crippen molar-refractivity contribution in [3.05, 3.63) is 78.4 Å². The number of aromatic nitrogens is 1. The van der Waals surface area contributed by atoms with Gasteiger partial charge in [-0.1, -0.05) is 24.3 Å². The van der Waals surface area contributed by atoms with Crippen molar-refractivity contribution in [2.45, 2.75) is 6.92 Å². The predicted octanol–water partition coefficient (Wildman–Crippen LogP) is 5.15. The van der Waals surface area contributed by atoms with Crippen molar-refractivity contribution < 1.29 is 13.9 Å². The van der Waals surface area contributed by atoms with Gasteiger partial charge >= 0.3 is 0 Å². The van der Waals surface area contributed by atoms with Gasteiger partial charge in [0.05, 0.1) is 6.61 Å². The third-order valence-corrected chi connectivity index (χ3v) is 4.07. The summed E-state index contributed by atoms with van der Waals surface area (Å²) in [6, 6.07) is 22.2. The fraction of sp³-hybridized carbons (Fsp3) is 0.0909. The Morgan fingerprint density at radius 1 is 1.04 bits per heavy atom. The molecule has 5 heteroatoms. The molecule has 0 aliphatic heterocycles. The van der Waals surface area contributed by atoms with E-state index in [1.807, 2.05) is 43.3 Å². The first-order chi connectivity index (χ1) is 13.2. The van der Waals surface area contributed by atoms with Crippen molar-refractivity contribution in [2.75, 3.05) is 11.9 Å². The summed E-state index contributed by atoms with van der Waals surface area (Å²) in [5, 5.41) is 2.89.